The summed E-state index contributed by atoms with van der Waals surface area (Å²) in [6, 6.07) is 4.96. The first kappa shape index (κ1) is 19.6. The summed E-state index contributed by atoms with van der Waals surface area (Å²) in [5.41, 5.74) is -1.33. The second-order valence-electron chi connectivity index (χ2n) is 6.04. The van der Waals surface area contributed by atoms with Crippen molar-refractivity contribution in [2.24, 2.45) is 0 Å². The van der Waals surface area contributed by atoms with Crippen LogP contribution in [-0.2, 0) is 11.2 Å². The van der Waals surface area contributed by atoms with Crippen LogP contribution >= 0.6 is 23.2 Å². The van der Waals surface area contributed by atoms with Crippen LogP contribution in [0.25, 0.3) is 0 Å². The summed E-state index contributed by atoms with van der Waals surface area (Å²) >= 11 is 12.2. The van der Waals surface area contributed by atoms with Crippen molar-refractivity contribution in [1.29, 1.82) is 0 Å². The summed E-state index contributed by atoms with van der Waals surface area (Å²) < 4.78 is 0. The monoisotopic (exact) mass is 403 g/mol. The lowest BCUT2D eigenvalue weighted by Gasteiger charge is -2.31. The molecule has 0 aliphatic heterocycles. The van der Waals surface area contributed by atoms with Gasteiger partial charge in [-0.2, -0.15) is 0 Å². The van der Waals surface area contributed by atoms with Crippen molar-refractivity contribution >= 4 is 23.2 Å². The Morgan fingerprint density at radius 1 is 0.852 bits per heavy atom. The molecule has 2 unspecified atom stereocenters. The molecule has 0 spiro atoms. The zero-order chi connectivity index (χ0) is 19.5. The van der Waals surface area contributed by atoms with Gasteiger partial charge in [-0.25, -0.2) is 0 Å². The van der Waals surface area contributed by atoms with Crippen LogP contribution in [0.15, 0.2) is 55.4 Å². The first-order chi connectivity index (χ1) is 13.0. The van der Waals surface area contributed by atoms with Gasteiger partial charge in [-0.1, -0.05) is 12.1 Å². The summed E-state index contributed by atoms with van der Waals surface area (Å²) in [5, 5.41) is 22.4. The van der Waals surface area contributed by atoms with Crippen molar-refractivity contribution in [3.63, 3.8) is 0 Å². The molecule has 3 aromatic rings. The number of alkyl halides is 2. The number of halogens is 2. The molecule has 0 aliphatic carbocycles. The smallest absolute Gasteiger partial charge is 0.147 e. The fourth-order valence-electron chi connectivity index (χ4n) is 2.82. The van der Waals surface area contributed by atoms with E-state index in [-0.39, 0.29) is 23.1 Å². The highest BCUT2D eigenvalue weighted by molar-refractivity contribution is 6.19. The maximum absolute atomic E-state index is 11.3. The van der Waals surface area contributed by atoms with Gasteiger partial charge >= 0.3 is 0 Å². The van der Waals surface area contributed by atoms with E-state index < -0.39 is 11.2 Å². The number of hydrogen-bond acceptors (Lipinski definition) is 6. The normalized spacial score (nSPS) is 15.7. The van der Waals surface area contributed by atoms with E-state index in [1.54, 1.807) is 18.2 Å². The highest BCUT2D eigenvalue weighted by Gasteiger charge is 2.38. The molecule has 8 heteroatoms. The third kappa shape index (κ3) is 3.53. The Kier molecular flexibility index (Phi) is 5.72. The third-order valence-electron chi connectivity index (χ3n) is 4.39. The molecule has 0 saturated heterocycles. The van der Waals surface area contributed by atoms with Gasteiger partial charge in [-0.3, -0.25) is 19.9 Å². The first-order valence-electron chi connectivity index (χ1n) is 8.02. The molecular weight excluding hydrogens is 387 g/mol. The molecule has 6 nitrogen and oxygen atoms in total. The Balaban J connectivity index is 2.17. The average molecular weight is 404 g/mol. The molecule has 3 rings (SSSR count). The minimum absolute atomic E-state index is 0.161. The SMILES string of the molecule is [CH2]c1ccc(C(O)(CCl)c2cnccn2)cc1C(O)(CCl)c1cnccn1. The Morgan fingerprint density at radius 3 is 1.89 bits per heavy atom. The zero-order valence-electron chi connectivity index (χ0n) is 14.3. The summed E-state index contributed by atoms with van der Waals surface area (Å²) in [6.07, 6.45) is 8.82. The minimum Gasteiger partial charge on any atom is -0.377 e. The van der Waals surface area contributed by atoms with Crippen molar-refractivity contribution < 1.29 is 10.2 Å². The fourth-order valence-corrected chi connectivity index (χ4v) is 3.39. The van der Waals surface area contributed by atoms with Crippen LogP contribution in [0, 0.1) is 6.92 Å². The van der Waals surface area contributed by atoms with Gasteiger partial charge in [0.1, 0.15) is 11.2 Å². The Hall–Kier alpha value is -2.12. The van der Waals surface area contributed by atoms with Crippen LogP contribution in [0.5, 0.6) is 0 Å². The van der Waals surface area contributed by atoms with Gasteiger partial charge in [-0.15, -0.1) is 23.2 Å². The average Bonchev–Trinajstić information content (AvgIpc) is 2.74. The molecular formula is C19H17Cl2N4O2. The van der Waals surface area contributed by atoms with Crippen LogP contribution in [0.2, 0.25) is 0 Å². The third-order valence-corrected chi connectivity index (χ3v) is 5.17. The fraction of sp³-hybridized carbons (Fsp3) is 0.211. The molecule has 2 heterocycles. The lowest BCUT2D eigenvalue weighted by atomic mass is 9.83. The van der Waals surface area contributed by atoms with E-state index >= 15 is 0 Å². The van der Waals surface area contributed by atoms with Gasteiger partial charge in [0.2, 0.25) is 0 Å². The number of nitrogens with zero attached hydrogens (tertiary/aromatic N) is 4. The van der Waals surface area contributed by atoms with Crippen molar-refractivity contribution in [1.82, 2.24) is 19.9 Å². The second kappa shape index (κ2) is 7.86. The maximum Gasteiger partial charge on any atom is 0.147 e. The van der Waals surface area contributed by atoms with Gasteiger partial charge in [0.25, 0.3) is 0 Å². The Labute approximate surface area is 166 Å². The van der Waals surface area contributed by atoms with Crippen molar-refractivity contribution in [3.05, 3.63) is 90.4 Å². The van der Waals surface area contributed by atoms with Crippen molar-refractivity contribution in [2.75, 3.05) is 11.8 Å². The predicted octanol–water partition coefficient (Wildman–Crippen LogP) is 2.40. The van der Waals surface area contributed by atoms with Crippen LogP contribution in [0.3, 0.4) is 0 Å². The van der Waals surface area contributed by atoms with Gasteiger partial charge < -0.3 is 10.2 Å². The molecule has 1 radical (unpaired) electrons. The van der Waals surface area contributed by atoms with E-state index in [1.165, 1.54) is 37.2 Å². The zero-order valence-corrected chi connectivity index (χ0v) is 15.8. The molecule has 2 aromatic heterocycles. The van der Waals surface area contributed by atoms with E-state index in [0.717, 1.165) is 0 Å². The molecule has 0 saturated carbocycles. The lowest BCUT2D eigenvalue weighted by Crippen LogP contribution is -2.34. The molecule has 0 bridgehead atoms. The molecule has 27 heavy (non-hydrogen) atoms. The van der Waals surface area contributed by atoms with E-state index in [4.69, 9.17) is 23.2 Å². The lowest BCUT2D eigenvalue weighted by molar-refractivity contribution is 0.0935. The molecule has 0 aliphatic rings. The minimum atomic E-state index is -1.64. The number of rotatable bonds is 6. The summed E-state index contributed by atoms with van der Waals surface area (Å²) in [5.74, 6) is -0.339. The van der Waals surface area contributed by atoms with Gasteiger partial charge in [-0.05, 0) is 29.7 Å². The molecule has 0 amide bonds. The second-order valence-corrected chi connectivity index (χ2v) is 6.58. The largest absolute Gasteiger partial charge is 0.377 e. The van der Waals surface area contributed by atoms with E-state index in [9.17, 15) is 10.2 Å². The standard InChI is InChI=1S/C19H17Cl2N4O2/c1-13-2-3-14(18(26,11-20)16-9-22-4-6-24-16)8-15(13)19(27,12-21)17-10-23-5-7-25-17/h2-10,26-27H,1,11-12H2. The number of aliphatic hydroxyl groups is 2. The Morgan fingerprint density at radius 2 is 1.41 bits per heavy atom. The first-order valence-corrected chi connectivity index (χ1v) is 9.09. The molecule has 2 N–H and O–H groups in total. The van der Waals surface area contributed by atoms with E-state index in [1.807, 2.05) is 0 Å². The van der Waals surface area contributed by atoms with Gasteiger partial charge in [0, 0.05) is 24.8 Å². The van der Waals surface area contributed by atoms with Crippen LogP contribution in [-0.4, -0.2) is 41.9 Å². The van der Waals surface area contributed by atoms with Gasteiger partial charge in [0.05, 0.1) is 35.5 Å². The highest BCUT2D eigenvalue weighted by atomic mass is 35.5. The van der Waals surface area contributed by atoms with E-state index in [0.29, 0.717) is 16.7 Å². The van der Waals surface area contributed by atoms with Crippen molar-refractivity contribution in [3.8, 4) is 0 Å². The molecule has 1 aromatic carbocycles. The predicted molar refractivity (Wildman–Crippen MR) is 102 cm³/mol. The van der Waals surface area contributed by atoms with Crippen LogP contribution in [0.4, 0.5) is 0 Å². The highest BCUT2D eigenvalue weighted by Crippen LogP contribution is 2.36. The van der Waals surface area contributed by atoms with Crippen LogP contribution in [0.1, 0.15) is 28.1 Å². The van der Waals surface area contributed by atoms with Crippen molar-refractivity contribution in [2.45, 2.75) is 11.2 Å². The quantitative estimate of drug-likeness (QED) is 0.613. The number of hydrogen-bond donors (Lipinski definition) is 2. The number of benzene rings is 1. The van der Waals surface area contributed by atoms with E-state index in [2.05, 4.69) is 26.9 Å². The maximum atomic E-state index is 11.3. The van der Waals surface area contributed by atoms with Crippen LogP contribution < -0.4 is 0 Å². The topological polar surface area (TPSA) is 92.0 Å². The molecule has 139 valence electrons. The number of aromatic nitrogens is 4. The molecule has 2 atom stereocenters. The summed E-state index contributed by atoms with van der Waals surface area (Å²) in [7, 11) is 0. The summed E-state index contributed by atoms with van der Waals surface area (Å²) in [6.45, 7) is 3.97. The summed E-state index contributed by atoms with van der Waals surface area (Å²) in [4.78, 5) is 16.3. The Bertz CT molecular complexity index is 914. The van der Waals surface area contributed by atoms with Gasteiger partial charge in [0.15, 0.2) is 0 Å². The molecule has 0 fully saturated rings.